The summed E-state index contributed by atoms with van der Waals surface area (Å²) in [5.74, 6) is -2.06. The quantitative estimate of drug-likeness (QED) is 0.341. The Labute approximate surface area is 222 Å². The summed E-state index contributed by atoms with van der Waals surface area (Å²) in [4.78, 5) is 27.8. The Kier molecular flexibility index (Phi) is 9.95. The van der Waals surface area contributed by atoms with E-state index in [0.717, 1.165) is 29.3 Å². The number of carbonyl (C=O) groups is 2. The highest BCUT2D eigenvalue weighted by Gasteiger charge is 2.32. The average Bonchev–Trinajstić information content (AvgIpc) is 2.92. The molecule has 0 saturated carbocycles. The Bertz CT molecular complexity index is 1320. The fourth-order valence-electron chi connectivity index (χ4n) is 3.76. The third-order valence-electron chi connectivity index (χ3n) is 5.99. The van der Waals surface area contributed by atoms with Crippen LogP contribution in [-0.2, 0) is 26.2 Å². The number of nitrogens with zero attached hydrogens (tertiary/aromatic N) is 2. The van der Waals surface area contributed by atoms with Gasteiger partial charge in [-0.2, -0.15) is 0 Å². The fraction of sp³-hybridized carbons (Fsp3) is 0.286. The van der Waals surface area contributed by atoms with Crippen LogP contribution in [0, 0.1) is 11.6 Å². The summed E-state index contributed by atoms with van der Waals surface area (Å²) in [6, 6.07) is 16.9. The first kappa shape index (κ1) is 28.8. The molecule has 0 spiro atoms. The molecular weight excluding hydrogens is 512 g/mol. The highest BCUT2D eigenvalue weighted by atomic mass is 32.2. The molecule has 0 fully saturated rings. The number of hydrogen-bond acceptors (Lipinski definition) is 4. The van der Waals surface area contributed by atoms with Crippen LogP contribution >= 0.6 is 0 Å². The zero-order valence-corrected chi connectivity index (χ0v) is 22.1. The van der Waals surface area contributed by atoms with Crippen molar-refractivity contribution in [1.82, 2.24) is 10.2 Å². The van der Waals surface area contributed by atoms with Gasteiger partial charge in [-0.05, 0) is 67.4 Å². The van der Waals surface area contributed by atoms with Crippen LogP contribution in [0.2, 0.25) is 0 Å². The zero-order chi connectivity index (χ0) is 27.7. The van der Waals surface area contributed by atoms with Crippen molar-refractivity contribution in [2.45, 2.75) is 44.2 Å². The van der Waals surface area contributed by atoms with E-state index in [-0.39, 0.29) is 17.1 Å². The van der Waals surface area contributed by atoms with Crippen LogP contribution in [0.15, 0.2) is 83.8 Å². The van der Waals surface area contributed by atoms with Crippen LogP contribution in [0.1, 0.15) is 32.3 Å². The zero-order valence-electron chi connectivity index (χ0n) is 21.3. The van der Waals surface area contributed by atoms with E-state index in [4.69, 9.17) is 0 Å². The van der Waals surface area contributed by atoms with Crippen LogP contribution in [-0.4, -0.2) is 44.3 Å². The number of sulfonamides is 1. The van der Waals surface area contributed by atoms with Crippen molar-refractivity contribution in [1.29, 1.82) is 0 Å². The number of carbonyl (C=O) groups excluding carboxylic acids is 2. The average molecular weight is 544 g/mol. The molecule has 0 aliphatic carbocycles. The topological polar surface area (TPSA) is 86.8 Å². The lowest BCUT2D eigenvalue weighted by atomic mass is 10.1. The fourth-order valence-corrected chi connectivity index (χ4v) is 5.20. The molecule has 202 valence electrons. The molecule has 1 atom stereocenters. The molecule has 3 rings (SSSR count). The van der Waals surface area contributed by atoms with E-state index in [9.17, 15) is 26.8 Å². The van der Waals surface area contributed by atoms with Crippen molar-refractivity contribution in [3.63, 3.8) is 0 Å². The molecule has 7 nitrogen and oxygen atoms in total. The molecule has 0 aliphatic rings. The van der Waals surface area contributed by atoms with Gasteiger partial charge in [-0.3, -0.25) is 13.9 Å². The standard InChI is InChI=1S/C28H31F2N3O4S/c1-3-4-18-31-28(35)21(2)32(19-22-10-12-23(29)13-11-22)27(34)20-33(25-16-14-24(30)15-17-25)38(36,37)26-8-6-5-7-9-26/h5-17,21H,3-4,18-20H2,1-2H3,(H,31,35). The number of hydrogen-bond donors (Lipinski definition) is 1. The molecule has 2 amide bonds. The first-order valence-electron chi connectivity index (χ1n) is 12.3. The summed E-state index contributed by atoms with van der Waals surface area (Å²) in [6.45, 7) is 3.27. The van der Waals surface area contributed by atoms with E-state index in [2.05, 4.69) is 5.32 Å². The van der Waals surface area contributed by atoms with Gasteiger partial charge in [-0.15, -0.1) is 0 Å². The SMILES string of the molecule is CCCCNC(=O)C(C)N(Cc1ccc(F)cc1)C(=O)CN(c1ccc(F)cc1)S(=O)(=O)c1ccccc1. The van der Waals surface area contributed by atoms with Gasteiger partial charge in [0.15, 0.2) is 0 Å². The number of unbranched alkanes of at least 4 members (excludes halogenated alkanes) is 1. The molecular formula is C28H31F2N3O4S. The number of anilines is 1. The summed E-state index contributed by atoms with van der Waals surface area (Å²) >= 11 is 0. The van der Waals surface area contributed by atoms with E-state index >= 15 is 0 Å². The maximum atomic E-state index is 13.7. The second-order valence-corrected chi connectivity index (χ2v) is 10.6. The van der Waals surface area contributed by atoms with Gasteiger partial charge in [0.05, 0.1) is 10.6 Å². The molecule has 3 aromatic carbocycles. The van der Waals surface area contributed by atoms with Crippen molar-refractivity contribution in [3.05, 3.63) is 96.1 Å². The maximum absolute atomic E-state index is 13.7. The molecule has 0 aliphatic heterocycles. The van der Waals surface area contributed by atoms with Crippen LogP contribution < -0.4 is 9.62 Å². The van der Waals surface area contributed by atoms with Crippen molar-refractivity contribution in [2.75, 3.05) is 17.4 Å². The molecule has 0 aromatic heterocycles. The monoisotopic (exact) mass is 543 g/mol. The van der Waals surface area contributed by atoms with Gasteiger partial charge < -0.3 is 10.2 Å². The molecule has 0 bridgehead atoms. The van der Waals surface area contributed by atoms with Crippen LogP contribution in [0.5, 0.6) is 0 Å². The Hall–Kier alpha value is -3.79. The minimum absolute atomic E-state index is 0.0485. The predicted molar refractivity (Wildman–Crippen MR) is 142 cm³/mol. The molecule has 0 radical (unpaired) electrons. The van der Waals surface area contributed by atoms with Crippen molar-refractivity contribution in [3.8, 4) is 0 Å². The summed E-state index contributed by atoms with van der Waals surface area (Å²) in [7, 11) is -4.22. The lowest BCUT2D eigenvalue weighted by Gasteiger charge is -2.32. The molecule has 0 heterocycles. The molecule has 3 aromatic rings. The largest absolute Gasteiger partial charge is 0.354 e. The number of rotatable bonds is 12. The van der Waals surface area contributed by atoms with Crippen molar-refractivity contribution in [2.24, 2.45) is 0 Å². The number of halogens is 2. The Morgan fingerprint density at radius 2 is 1.47 bits per heavy atom. The number of benzene rings is 3. The van der Waals surface area contributed by atoms with Gasteiger partial charge in [0.2, 0.25) is 11.8 Å². The summed E-state index contributed by atoms with van der Waals surface area (Å²) in [5, 5.41) is 2.79. The summed E-state index contributed by atoms with van der Waals surface area (Å²) in [6.07, 6.45) is 1.63. The third kappa shape index (κ3) is 7.38. The van der Waals surface area contributed by atoms with E-state index in [1.807, 2.05) is 6.92 Å². The van der Waals surface area contributed by atoms with Crippen molar-refractivity contribution < 1.29 is 26.8 Å². The lowest BCUT2D eigenvalue weighted by molar-refractivity contribution is -0.139. The van der Waals surface area contributed by atoms with E-state index in [1.165, 1.54) is 53.4 Å². The summed E-state index contributed by atoms with van der Waals surface area (Å²) < 4.78 is 55.2. The second kappa shape index (κ2) is 13.1. The normalized spacial score (nSPS) is 12.0. The first-order valence-corrected chi connectivity index (χ1v) is 13.7. The van der Waals surface area contributed by atoms with Crippen LogP contribution in [0.4, 0.5) is 14.5 Å². The number of amides is 2. The Morgan fingerprint density at radius 1 is 0.895 bits per heavy atom. The maximum Gasteiger partial charge on any atom is 0.264 e. The van der Waals surface area contributed by atoms with Crippen LogP contribution in [0.3, 0.4) is 0 Å². The van der Waals surface area contributed by atoms with Gasteiger partial charge in [0.1, 0.15) is 24.2 Å². The van der Waals surface area contributed by atoms with Gasteiger partial charge in [-0.25, -0.2) is 17.2 Å². The molecule has 10 heteroatoms. The highest BCUT2D eigenvalue weighted by molar-refractivity contribution is 7.92. The van der Waals surface area contributed by atoms with Gasteiger partial charge >= 0.3 is 0 Å². The summed E-state index contributed by atoms with van der Waals surface area (Å²) in [5.41, 5.74) is 0.651. The minimum atomic E-state index is -4.22. The van der Waals surface area contributed by atoms with Gasteiger partial charge in [0, 0.05) is 13.1 Å². The lowest BCUT2D eigenvalue weighted by Crippen LogP contribution is -2.51. The molecule has 1 unspecified atom stereocenters. The first-order chi connectivity index (χ1) is 18.1. The smallest absolute Gasteiger partial charge is 0.264 e. The van der Waals surface area contributed by atoms with E-state index in [0.29, 0.717) is 12.1 Å². The number of nitrogens with one attached hydrogen (secondary N) is 1. The van der Waals surface area contributed by atoms with Gasteiger partial charge in [-0.1, -0.05) is 43.7 Å². The molecule has 38 heavy (non-hydrogen) atoms. The Morgan fingerprint density at radius 3 is 2.05 bits per heavy atom. The highest BCUT2D eigenvalue weighted by Crippen LogP contribution is 2.25. The predicted octanol–water partition coefficient (Wildman–Crippen LogP) is 4.49. The van der Waals surface area contributed by atoms with Crippen molar-refractivity contribution >= 4 is 27.5 Å². The molecule has 1 N–H and O–H groups in total. The van der Waals surface area contributed by atoms with Gasteiger partial charge in [0.25, 0.3) is 10.0 Å². The molecule has 0 saturated heterocycles. The second-order valence-electron chi connectivity index (χ2n) is 8.77. The van der Waals surface area contributed by atoms with Crippen LogP contribution in [0.25, 0.3) is 0 Å². The third-order valence-corrected chi connectivity index (χ3v) is 7.78. The van der Waals surface area contributed by atoms with E-state index in [1.54, 1.807) is 25.1 Å². The van der Waals surface area contributed by atoms with E-state index < -0.39 is 46.1 Å². The Balaban J connectivity index is 1.97. The minimum Gasteiger partial charge on any atom is -0.354 e.